The van der Waals surface area contributed by atoms with Crippen molar-refractivity contribution in [3.63, 3.8) is 0 Å². The monoisotopic (exact) mass is 307 g/mol. The first-order valence-electron chi connectivity index (χ1n) is 6.78. The first-order valence-corrected chi connectivity index (χ1v) is 7.60. The lowest BCUT2D eigenvalue weighted by molar-refractivity contribution is 0.0936. The first kappa shape index (κ1) is 15.4. The third-order valence-corrected chi connectivity index (χ3v) is 4.20. The summed E-state index contributed by atoms with van der Waals surface area (Å²) in [6.45, 7) is 6.27. The predicted molar refractivity (Wildman–Crippen MR) is 83.3 cm³/mol. The molecule has 2 aromatic rings. The lowest BCUT2D eigenvalue weighted by atomic mass is 10.2. The summed E-state index contributed by atoms with van der Waals surface area (Å²) in [6.07, 6.45) is 1.43. The Labute approximate surface area is 127 Å². The number of anilines is 1. The summed E-state index contributed by atoms with van der Waals surface area (Å²) < 4.78 is 14.2. The van der Waals surface area contributed by atoms with Gasteiger partial charge in [0.2, 0.25) is 0 Å². The number of hydrogen-bond donors (Lipinski definition) is 2. The van der Waals surface area contributed by atoms with Gasteiger partial charge in [-0.3, -0.25) is 4.79 Å². The van der Waals surface area contributed by atoms with Gasteiger partial charge < -0.3 is 10.6 Å². The highest BCUT2D eigenvalue weighted by atomic mass is 32.1. The molecule has 1 atom stereocenters. The largest absolute Gasteiger partial charge is 0.368 e. The highest BCUT2D eigenvalue weighted by Crippen LogP contribution is 2.23. The van der Waals surface area contributed by atoms with Crippen LogP contribution in [-0.4, -0.2) is 17.4 Å². The van der Waals surface area contributed by atoms with Crippen LogP contribution in [0.5, 0.6) is 0 Å². The van der Waals surface area contributed by atoms with Gasteiger partial charge in [-0.15, -0.1) is 11.3 Å². The van der Waals surface area contributed by atoms with Gasteiger partial charge in [0.15, 0.2) is 11.6 Å². The Kier molecular flexibility index (Phi) is 4.90. The Morgan fingerprint density at radius 2 is 2.19 bits per heavy atom. The van der Waals surface area contributed by atoms with E-state index in [1.807, 2.05) is 32.9 Å². The number of aryl methyl sites for hydroxylation is 1. The number of carbonyl (C=O) groups is 1. The molecule has 6 heteroatoms. The third-order valence-electron chi connectivity index (χ3n) is 3.01. The topological polar surface area (TPSA) is 54.0 Å². The van der Waals surface area contributed by atoms with E-state index in [9.17, 15) is 9.18 Å². The molecule has 2 N–H and O–H groups in total. The number of pyridine rings is 1. The molecule has 1 amide bonds. The van der Waals surface area contributed by atoms with Crippen LogP contribution >= 0.6 is 11.3 Å². The van der Waals surface area contributed by atoms with E-state index in [0.29, 0.717) is 6.54 Å². The van der Waals surface area contributed by atoms with Crippen molar-refractivity contribution in [1.29, 1.82) is 0 Å². The lowest BCUT2D eigenvalue weighted by Crippen LogP contribution is -2.27. The second-order valence-electron chi connectivity index (χ2n) is 4.69. The van der Waals surface area contributed by atoms with Crippen molar-refractivity contribution < 1.29 is 9.18 Å². The van der Waals surface area contributed by atoms with E-state index < -0.39 is 11.7 Å². The van der Waals surface area contributed by atoms with Gasteiger partial charge in [0, 0.05) is 22.5 Å². The minimum atomic E-state index is -0.619. The summed E-state index contributed by atoms with van der Waals surface area (Å²) in [6, 6.07) is 5.20. The van der Waals surface area contributed by atoms with Crippen LogP contribution in [0.4, 0.5) is 10.2 Å². The van der Waals surface area contributed by atoms with Crippen LogP contribution in [-0.2, 0) is 0 Å². The molecule has 0 aliphatic heterocycles. The maximum Gasteiger partial charge on any atom is 0.254 e. The van der Waals surface area contributed by atoms with Crippen molar-refractivity contribution in [3.05, 3.63) is 45.5 Å². The minimum absolute atomic E-state index is 0.000998. The van der Waals surface area contributed by atoms with Crippen LogP contribution in [0.25, 0.3) is 0 Å². The molecule has 21 heavy (non-hydrogen) atoms. The van der Waals surface area contributed by atoms with Gasteiger partial charge in [0.25, 0.3) is 5.91 Å². The Hall–Kier alpha value is -1.95. The summed E-state index contributed by atoms with van der Waals surface area (Å²) in [5.41, 5.74) is 0.000998. The summed E-state index contributed by atoms with van der Waals surface area (Å²) in [7, 11) is 0. The molecular weight excluding hydrogens is 289 g/mol. The summed E-state index contributed by atoms with van der Waals surface area (Å²) in [5, 5.41) is 5.61. The van der Waals surface area contributed by atoms with Gasteiger partial charge in [-0.1, -0.05) is 0 Å². The number of nitrogens with zero attached hydrogens (tertiary/aromatic N) is 1. The molecule has 4 nitrogen and oxygen atoms in total. The van der Waals surface area contributed by atoms with Gasteiger partial charge >= 0.3 is 0 Å². The first-order chi connectivity index (χ1) is 10.0. The molecule has 0 bridgehead atoms. The highest BCUT2D eigenvalue weighted by Gasteiger charge is 2.18. The van der Waals surface area contributed by atoms with Gasteiger partial charge in [-0.25, -0.2) is 9.37 Å². The molecule has 1 unspecified atom stereocenters. The number of thiophene rings is 1. The van der Waals surface area contributed by atoms with Gasteiger partial charge in [0.05, 0.1) is 11.6 Å². The van der Waals surface area contributed by atoms with E-state index in [1.165, 1.54) is 17.1 Å². The second-order valence-corrected chi connectivity index (χ2v) is 6.01. The molecule has 0 fully saturated rings. The molecule has 2 heterocycles. The van der Waals surface area contributed by atoms with Crippen molar-refractivity contribution in [1.82, 2.24) is 10.3 Å². The molecule has 2 aromatic heterocycles. The van der Waals surface area contributed by atoms with Crippen molar-refractivity contribution in [3.8, 4) is 0 Å². The van der Waals surface area contributed by atoms with E-state index in [-0.39, 0.29) is 17.4 Å². The Bertz CT molecular complexity index is 642. The fourth-order valence-electron chi connectivity index (χ4n) is 1.94. The van der Waals surface area contributed by atoms with Crippen molar-refractivity contribution >= 4 is 23.1 Å². The van der Waals surface area contributed by atoms with Crippen molar-refractivity contribution in [2.75, 3.05) is 11.9 Å². The van der Waals surface area contributed by atoms with E-state index in [2.05, 4.69) is 15.6 Å². The zero-order valence-corrected chi connectivity index (χ0v) is 13.1. The standard InChI is InChI=1S/C15H18FN3OS/c1-4-17-14-13(16)11(7-8-18-14)15(20)19-10(3)12-6-5-9(2)21-12/h5-8,10H,4H2,1-3H3,(H,17,18)(H,19,20). The Balaban J connectivity index is 2.15. The third kappa shape index (κ3) is 3.58. The Morgan fingerprint density at radius 1 is 1.43 bits per heavy atom. The molecule has 0 aliphatic carbocycles. The van der Waals surface area contributed by atoms with Crippen LogP contribution in [0.15, 0.2) is 24.4 Å². The van der Waals surface area contributed by atoms with Gasteiger partial charge in [-0.05, 0) is 39.0 Å². The molecule has 0 spiro atoms. The molecule has 0 aliphatic rings. The minimum Gasteiger partial charge on any atom is -0.368 e. The van der Waals surface area contributed by atoms with Gasteiger partial charge in [0.1, 0.15) is 0 Å². The average molecular weight is 307 g/mol. The number of aromatic nitrogens is 1. The van der Waals surface area contributed by atoms with Gasteiger partial charge in [-0.2, -0.15) is 0 Å². The highest BCUT2D eigenvalue weighted by molar-refractivity contribution is 7.12. The number of halogens is 1. The SMILES string of the molecule is CCNc1nccc(C(=O)NC(C)c2ccc(C)s2)c1F. The zero-order chi connectivity index (χ0) is 15.4. The van der Waals surface area contributed by atoms with E-state index >= 15 is 0 Å². The maximum atomic E-state index is 14.2. The molecule has 112 valence electrons. The van der Waals surface area contributed by atoms with Crippen LogP contribution in [0.2, 0.25) is 0 Å². The van der Waals surface area contributed by atoms with Crippen molar-refractivity contribution in [2.24, 2.45) is 0 Å². The predicted octanol–water partition coefficient (Wildman–Crippen LogP) is 3.51. The Morgan fingerprint density at radius 3 is 2.81 bits per heavy atom. The van der Waals surface area contributed by atoms with Crippen LogP contribution in [0.1, 0.15) is 40.0 Å². The second kappa shape index (κ2) is 6.67. The molecule has 0 radical (unpaired) electrons. The van der Waals surface area contributed by atoms with Crippen LogP contribution in [0.3, 0.4) is 0 Å². The quantitative estimate of drug-likeness (QED) is 0.888. The fraction of sp³-hybridized carbons (Fsp3) is 0.333. The molecule has 2 rings (SSSR count). The molecular formula is C15H18FN3OS. The summed E-state index contributed by atoms with van der Waals surface area (Å²) >= 11 is 1.62. The fourth-order valence-corrected chi connectivity index (χ4v) is 2.82. The molecule has 0 aromatic carbocycles. The number of carbonyl (C=O) groups excluding carboxylic acids is 1. The van der Waals surface area contributed by atoms with Crippen molar-refractivity contribution in [2.45, 2.75) is 26.8 Å². The number of rotatable bonds is 5. The zero-order valence-electron chi connectivity index (χ0n) is 12.2. The molecule has 0 saturated heterocycles. The van der Waals surface area contributed by atoms with E-state index in [0.717, 1.165) is 4.88 Å². The number of amides is 1. The average Bonchev–Trinajstić information content (AvgIpc) is 2.88. The number of nitrogens with one attached hydrogen (secondary N) is 2. The summed E-state index contributed by atoms with van der Waals surface area (Å²) in [5.74, 6) is -0.955. The van der Waals surface area contributed by atoms with Crippen LogP contribution < -0.4 is 10.6 Å². The van der Waals surface area contributed by atoms with E-state index in [1.54, 1.807) is 11.3 Å². The molecule has 0 saturated carbocycles. The number of hydrogen-bond acceptors (Lipinski definition) is 4. The maximum absolute atomic E-state index is 14.2. The lowest BCUT2D eigenvalue weighted by Gasteiger charge is -2.13. The van der Waals surface area contributed by atoms with Crippen LogP contribution in [0, 0.1) is 12.7 Å². The van der Waals surface area contributed by atoms with E-state index in [4.69, 9.17) is 0 Å². The smallest absolute Gasteiger partial charge is 0.254 e. The normalized spacial score (nSPS) is 12.0. The summed E-state index contributed by atoms with van der Waals surface area (Å²) in [4.78, 5) is 18.3.